The monoisotopic (exact) mass is 568 g/mol. The molecule has 1 aliphatic heterocycles. The van der Waals surface area contributed by atoms with Crippen LogP contribution in [-0.2, 0) is 13.1 Å². The zero-order chi connectivity index (χ0) is 29.5. The number of methoxy groups -OCH3 is 3. The number of fused-ring (bicyclic) bond motifs is 1. The van der Waals surface area contributed by atoms with E-state index in [-0.39, 0.29) is 11.8 Å². The number of hydrogen-bond donors (Lipinski definition) is 0. The Hall–Kier alpha value is -4.23. The number of ether oxygens (including phenoxy) is 4. The molecule has 0 bridgehead atoms. The third-order valence-electron chi connectivity index (χ3n) is 7.90. The Balaban J connectivity index is 1.14. The van der Waals surface area contributed by atoms with E-state index in [1.807, 2.05) is 17.0 Å². The molecule has 0 radical (unpaired) electrons. The van der Waals surface area contributed by atoms with Crippen molar-refractivity contribution < 1.29 is 23.7 Å². The van der Waals surface area contributed by atoms with Crippen LogP contribution in [0.5, 0.6) is 23.0 Å². The molecule has 0 aliphatic carbocycles. The number of amides is 1. The molecule has 7 nitrogen and oxygen atoms in total. The summed E-state index contributed by atoms with van der Waals surface area (Å²) in [4.78, 5) is 17.6. The van der Waals surface area contributed by atoms with Crippen molar-refractivity contribution in [3.05, 3.63) is 95.6 Å². The lowest BCUT2D eigenvalue weighted by Gasteiger charge is -2.33. The molecule has 220 valence electrons. The van der Waals surface area contributed by atoms with E-state index in [1.54, 1.807) is 33.5 Å². The van der Waals surface area contributed by atoms with E-state index in [0.717, 1.165) is 31.7 Å². The molecule has 1 amide bonds. The van der Waals surface area contributed by atoms with Gasteiger partial charge in [0.15, 0.2) is 11.5 Å². The maximum absolute atomic E-state index is 13.4. The van der Waals surface area contributed by atoms with Gasteiger partial charge in [-0.1, -0.05) is 54.6 Å². The Morgan fingerprint density at radius 3 is 2.31 bits per heavy atom. The first-order chi connectivity index (χ1) is 20.5. The maximum Gasteiger partial charge on any atom is 0.254 e. The molecule has 0 spiro atoms. The van der Waals surface area contributed by atoms with Crippen molar-refractivity contribution in [3.8, 4) is 23.0 Å². The van der Waals surface area contributed by atoms with Crippen LogP contribution < -0.4 is 18.9 Å². The van der Waals surface area contributed by atoms with Gasteiger partial charge in [0.25, 0.3) is 5.91 Å². The molecular formula is C35H40N2O5. The Labute approximate surface area is 248 Å². The zero-order valence-electron chi connectivity index (χ0n) is 25.0. The third kappa shape index (κ3) is 6.80. The lowest BCUT2D eigenvalue weighted by molar-refractivity contribution is 0.0632. The highest BCUT2D eigenvalue weighted by Gasteiger charge is 2.27. The summed E-state index contributed by atoms with van der Waals surface area (Å²) < 4.78 is 22.5. The van der Waals surface area contributed by atoms with Crippen molar-refractivity contribution in [2.24, 2.45) is 5.92 Å². The number of benzene rings is 4. The zero-order valence-corrected chi connectivity index (χ0v) is 25.0. The van der Waals surface area contributed by atoms with E-state index in [1.165, 1.54) is 21.9 Å². The van der Waals surface area contributed by atoms with Crippen molar-refractivity contribution in [1.82, 2.24) is 9.80 Å². The summed E-state index contributed by atoms with van der Waals surface area (Å²) in [5.41, 5.74) is 3.10. The number of carbonyl (C=O) groups is 1. The van der Waals surface area contributed by atoms with E-state index in [9.17, 15) is 4.79 Å². The minimum absolute atomic E-state index is 0.0454. The summed E-state index contributed by atoms with van der Waals surface area (Å²) in [6.07, 6.45) is 1.96. The van der Waals surface area contributed by atoms with Gasteiger partial charge in [0.2, 0.25) is 5.75 Å². The third-order valence-corrected chi connectivity index (χ3v) is 7.90. The van der Waals surface area contributed by atoms with Gasteiger partial charge >= 0.3 is 0 Å². The number of carbonyl (C=O) groups excluding carboxylic acids is 1. The van der Waals surface area contributed by atoms with Gasteiger partial charge in [-0.3, -0.25) is 9.69 Å². The standard InChI is InChI=1S/C35H40N2O5/c1-36(23-28-12-7-11-27-10-5-6-13-31(27)28)21-25-14-16-30(17-15-25)42-24-26-9-8-18-37(22-26)35(38)29-19-32(39-2)34(41-4)33(20-29)40-3/h5-7,10-17,19-20,26H,8-9,18,21-24H2,1-4H3/t26-/m0/s1. The van der Waals surface area contributed by atoms with Crippen LogP contribution in [0.25, 0.3) is 10.8 Å². The SMILES string of the molecule is COc1cc(C(=O)N2CCC[C@H](COc3ccc(CN(C)Cc4cccc5ccccc45)cc3)C2)cc(OC)c1OC. The Morgan fingerprint density at radius 2 is 1.60 bits per heavy atom. The van der Waals surface area contributed by atoms with E-state index in [4.69, 9.17) is 18.9 Å². The van der Waals surface area contributed by atoms with Crippen LogP contribution in [0.2, 0.25) is 0 Å². The number of rotatable bonds is 11. The van der Waals surface area contributed by atoms with Gasteiger partial charge in [-0.2, -0.15) is 0 Å². The molecule has 4 aromatic carbocycles. The minimum atomic E-state index is -0.0454. The smallest absolute Gasteiger partial charge is 0.254 e. The summed E-state index contributed by atoms with van der Waals surface area (Å²) in [6.45, 7) is 3.66. The van der Waals surface area contributed by atoms with Crippen molar-refractivity contribution in [3.63, 3.8) is 0 Å². The maximum atomic E-state index is 13.4. The molecule has 7 heteroatoms. The fourth-order valence-corrected chi connectivity index (χ4v) is 5.77. The molecule has 42 heavy (non-hydrogen) atoms. The summed E-state index contributed by atoms with van der Waals surface area (Å²) >= 11 is 0. The van der Waals surface area contributed by atoms with Crippen LogP contribution in [0.4, 0.5) is 0 Å². The second-order valence-corrected chi connectivity index (χ2v) is 10.9. The second-order valence-electron chi connectivity index (χ2n) is 10.9. The van der Waals surface area contributed by atoms with Crippen LogP contribution in [0, 0.1) is 5.92 Å². The molecule has 0 N–H and O–H groups in total. The second kappa shape index (κ2) is 13.6. The summed E-state index contributed by atoms with van der Waals surface area (Å²) in [5.74, 6) is 2.49. The Kier molecular flexibility index (Phi) is 9.49. The van der Waals surface area contributed by atoms with Crippen molar-refractivity contribution >= 4 is 16.7 Å². The lowest BCUT2D eigenvalue weighted by atomic mass is 9.98. The van der Waals surface area contributed by atoms with Crippen LogP contribution in [0.1, 0.15) is 34.3 Å². The van der Waals surface area contributed by atoms with Crippen molar-refractivity contribution in [1.29, 1.82) is 0 Å². The van der Waals surface area contributed by atoms with Crippen LogP contribution >= 0.6 is 0 Å². The van der Waals surface area contributed by atoms with Gasteiger partial charge in [-0.15, -0.1) is 0 Å². The molecule has 4 aromatic rings. The lowest BCUT2D eigenvalue weighted by Crippen LogP contribution is -2.41. The molecule has 0 aromatic heterocycles. The van der Waals surface area contributed by atoms with Crippen LogP contribution in [0.3, 0.4) is 0 Å². The molecule has 0 saturated carbocycles. The molecule has 0 unspecified atom stereocenters. The Morgan fingerprint density at radius 1 is 0.881 bits per heavy atom. The average molecular weight is 569 g/mol. The van der Waals surface area contributed by atoms with Gasteiger partial charge in [-0.05, 0) is 66.1 Å². The quantitative estimate of drug-likeness (QED) is 0.208. The highest BCUT2D eigenvalue weighted by Crippen LogP contribution is 2.38. The highest BCUT2D eigenvalue weighted by atomic mass is 16.5. The number of likely N-dealkylation sites (tertiary alicyclic amines) is 1. The largest absolute Gasteiger partial charge is 0.493 e. The van der Waals surface area contributed by atoms with Crippen LogP contribution in [0.15, 0.2) is 78.9 Å². The number of piperidine rings is 1. The van der Waals surface area contributed by atoms with E-state index in [0.29, 0.717) is 42.5 Å². The molecule has 1 fully saturated rings. The first kappa shape index (κ1) is 29.3. The van der Waals surface area contributed by atoms with Gasteiger partial charge in [0, 0.05) is 37.7 Å². The number of nitrogens with zero attached hydrogens (tertiary/aromatic N) is 2. The molecule has 1 heterocycles. The Bertz CT molecular complexity index is 1470. The van der Waals surface area contributed by atoms with Gasteiger partial charge in [0.1, 0.15) is 5.75 Å². The molecule has 1 atom stereocenters. The molecule has 1 saturated heterocycles. The molecular weight excluding hydrogens is 528 g/mol. The predicted molar refractivity (Wildman–Crippen MR) is 166 cm³/mol. The first-order valence-electron chi connectivity index (χ1n) is 14.4. The summed E-state index contributed by atoms with van der Waals surface area (Å²) in [6, 6.07) is 26.8. The van der Waals surface area contributed by atoms with Crippen molar-refractivity contribution in [2.45, 2.75) is 25.9 Å². The van der Waals surface area contributed by atoms with Gasteiger partial charge in [0.05, 0.1) is 27.9 Å². The van der Waals surface area contributed by atoms with E-state index in [2.05, 4.69) is 66.5 Å². The fraction of sp³-hybridized carbons (Fsp3) is 0.343. The van der Waals surface area contributed by atoms with E-state index < -0.39 is 0 Å². The highest BCUT2D eigenvalue weighted by molar-refractivity contribution is 5.95. The predicted octanol–water partition coefficient (Wildman–Crippen LogP) is 6.43. The number of hydrogen-bond acceptors (Lipinski definition) is 6. The van der Waals surface area contributed by atoms with Crippen LogP contribution in [-0.4, -0.2) is 63.8 Å². The first-order valence-corrected chi connectivity index (χ1v) is 14.4. The summed E-state index contributed by atoms with van der Waals surface area (Å²) in [5, 5.41) is 2.58. The van der Waals surface area contributed by atoms with Crippen molar-refractivity contribution in [2.75, 3.05) is 48.1 Å². The normalized spacial score (nSPS) is 15.1. The molecule has 1 aliphatic rings. The summed E-state index contributed by atoms with van der Waals surface area (Å²) in [7, 11) is 6.81. The van der Waals surface area contributed by atoms with Gasteiger partial charge in [-0.25, -0.2) is 0 Å². The average Bonchev–Trinajstić information content (AvgIpc) is 3.03. The topological polar surface area (TPSA) is 60.5 Å². The van der Waals surface area contributed by atoms with E-state index >= 15 is 0 Å². The molecule has 5 rings (SSSR count). The fourth-order valence-electron chi connectivity index (χ4n) is 5.77. The minimum Gasteiger partial charge on any atom is -0.493 e. The van der Waals surface area contributed by atoms with Gasteiger partial charge < -0.3 is 23.8 Å².